The lowest BCUT2D eigenvalue weighted by molar-refractivity contribution is 0.00590. The summed E-state index contributed by atoms with van der Waals surface area (Å²) in [4.78, 5) is 31.5. The van der Waals surface area contributed by atoms with Crippen LogP contribution in [-0.2, 0) is 4.74 Å². The lowest BCUT2D eigenvalue weighted by Crippen LogP contribution is -2.55. The molecule has 11 heteroatoms. The third kappa shape index (κ3) is 7.60. The number of urea groups is 1. The van der Waals surface area contributed by atoms with Crippen molar-refractivity contribution in [1.29, 1.82) is 0 Å². The quantitative estimate of drug-likeness (QED) is 0.382. The van der Waals surface area contributed by atoms with Crippen LogP contribution in [0.2, 0.25) is 5.02 Å². The zero-order valence-corrected chi connectivity index (χ0v) is 21.8. The zero-order chi connectivity index (χ0) is 24.7. The van der Waals surface area contributed by atoms with Crippen molar-refractivity contribution in [3.05, 3.63) is 22.7 Å². The van der Waals surface area contributed by atoms with Gasteiger partial charge in [-0.25, -0.2) is 4.79 Å². The van der Waals surface area contributed by atoms with Crippen LogP contribution in [0.5, 0.6) is 5.75 Å². The van der Waals surface area contributed by atoms with Crippen molar-refractivity contribution in [1.82, 2.24) is 20.0 Å². The minimum atomic E-state index is -0.259. The highest BCUT2D eigenvalue weighted by molar-refractivity contribution is 6.33. The van der Waals surface area contributed by atoms with Crippen LogP contribution in [0.25, 0.3) is 0 Å². The smallest absolute Gasteiger partial charge is 0.319 e. The average Bonchev–Trinajstić information content (AvgIpc) is 3.38. The maximum absolute atomic E-state index is 12.9. The Kier molecular flexibility index (Phi) is 11.4. The molecule has 35 heavy (non-hydrogen) atoms. The van der Waals surface area contributed by atoms with Crippen molar-refractivity contribution in [2.24, 2.45) is 0 Å². The van der Waals surface area contributed by atoms with E-state index < -0.39 is 0 Å². The molecule has 1 aromatic carbocycles. The second kappa shape index (κ2) is 13.7. The maximum atomic E-state index is 12.9. The number of nitrogens with zero attached hydrogens (tertiary/aromatic N) is 3. The number of halogens is 1. The fourth-order valence-corrected chi connectivity index (χ4v) is 4.84. The van der Waals surface area contributed by atoms with Gasteiger partial charge in [0.1, 0.15) is 5.75 Å². The summed E-state index contributed by atoms with van der Waals surface area (Å²) in [5, 5.41) is 3.40. The molecule has 0 spiro atoms. The number of benzene rings is 1. The fraction of sp³-hybridized carbons (Fsp3) is 0.667. The third-order valence-electron chi connectivity index (χ3n) is 6.75. The van der Waals surface area contributed by atoms with Gasteiger partial charge in [-0.3, -0.25) is 4.79 Å². The molecule has 2 heterocycles. The van der Waals surface area contributed by atoms with Crippen molar-refractivity contribution in [2.45, 2.75) is 44.2 Å². The van der Waals surface area contributed by atoms with Gasteiger partial charge in [0.25, 0.3) is 5.91 Å². The van der Waals surface area contributed by atoms with Crippen LogP contribution in [0.3, 0.4) is 0 Å². The Labute approximate surface area is 212 Å². The normalized spacial score (nSPS) is 20.3. The molecule has 3 amide bonds. The Balaban J connectivity index is 0.00000432. The fourth-order valence-electron chi connectivity index (χ4n) is 4.68. The number of rotatable bonds is 9. The minimum absolute atomic E-state index is 0. The molecule has 2 aliphatic heterocycles. The molecule has 0 aromatic heterocycles. The van der Waals surface area contributed by atoms with Gasteiger partial charge in [-0.15, -0.1) is 0 Å². The van der Waals surface area contributed by atoms with Gasteiger partial charge in [-0.05, 0) is 44.7 Å². The van der Waals surface area contributed by atoms with Gasteiger partial charge in [0.05, 0.1) is 35.5 Å². The summed E-state index contributed by atoms with van der Waals surface area (Å²) in [5.74, 6) is 0.129. The molecular weight excluding hydrogens is 474 g/mol. The number of methoxy groups -OCH3 is 2. The van der Waals surface area contributed by atoms with Gasteiger partial charge in [0.2, 0.25) is 0 Å². The number of unbranched alkanes of at least 4 members (excludes halogenated alkanes) is 1. The van der Waals surface area contributed by atoms with Gasteiger partial charge >= 0.3 is 6.03 Å². The zero-order valence-electron chi connectivity index (χ0n) is 21.0. The van der Waals surface area contributed by atoms with Crippen molar-refractivity contribution in [3.63, 3.8) is 0 Å². The lowest BCUT2D eigenvalue weighted by Gasteiger charge is -2.38. The molecule has 0 saturated carbocycles. The number of piperidine rings is 1. The van der Waals surface area contributed by atoms with E-state index in [-0.39, 0.29) is 29.6 Å². The first-order chi connectivity index (χ1) is 16.3. The Morgan fingerprint density at radius 2 is 1.91 bits per heavy atom. The first-order valence-electron chi connectivity index (χ1n) is 12.0. The monoisotopic (exact) mass is 513 g/mol. The molecule has 10 nitrogen and oxygen atoms in total. The van der Waals surface area contributed by atoms with Gasteiger partial charge in [-0.1, -0.05) is 11.6 Å². The van der Waals surface area contributed by atoms with Crippen LogP contribution in [0, 0.1) is 0 Å². The lowest BCUT2D eigenvalue weighted by atomic mass is 10.0. The highest BCUT2D eigenvalue weighted by Gasteiger charge is 2.31. The van der Waals surface area contributed by atoms with Crippen LogP contribution in [-0.4, -0.2) is 105 Å². The molecule has 0 unspecified atom stereocenters. The molecule has 2 fully saturated rings. The highest BCUT2D eigenvalue weighted by atomic mass is 35.5. The molecule has 0 aliphatic carbocycles. The van der Waals surface area contributed by atoms with Gasteiger partial charge in [0.15, 0.2) is 0 Å². The Morgan fingerprint density at radius 1 is 1.20 bits per heavy atom. The maximum Gasteiger partial charge on any atom is 0.319 e. The molecular formula is C24H40ClN5O5. The Bertz CT molecular complexity index is 852. The largest absolute Gasteiger partial charge is 0.496 e. The second-order valence-corrected chi connectivity index (χ2v) is 9.53. The van der Waals surface area contributed by atoms with Crippen molar-refractivity contribution in [3.8, 4) is 5.75 Å². The van der Waals surface area contributed by atoms with E-state index in [0.29, 0.717) is 22.0 Å². The number of nitrogen functional groups attached to an aromatic ring is 1. The van der Waals surface area contributed by atoms with Crippen LogP contribution >= 0.6 is 11.6 Å². The number of nitrogens with two attached hydrogens (primary N) is 1. The molecule has 3 rings (SSSR count). The number of hydrogen-bond donors (Lipinski definition) is 2. The van der Waals surface area contributed by atoms with E-state index in [2.05, 4.69) is 10.2 Å². The Hall–Kier alpha value is -2.27. The van der Waals surface area contributed by atoms with E-state index in [4.69, 9.17) is 26.8 Å². The molecule has 0 bridgehead atoms. The van der Waals surface area contributed by atoms with E-state index in [1.54, 1.807) is 13.2 Å². The number of likely N-dealkylation sites (tertiary alicyclic amines) is 2. The number of amides is 3. The molecule has 0 radical (unpaired) electrons. The van der Waals surface area contributed by atoms with Crippen LogP contribution in [0.1, 0.15) is 42.5 Å². The van der Waals surface area contributed by atoms with E-state index in [1.807, 2.05) is 16.8 Å². The summed E-state index contributed by atoms with van der Waals surface area (Å²) < 4.78 is 11.0. The number of ether oxygens (including phenoxy) is 2. The molecule has 5 N–H and O–H groups in total. The first-order valence-corrected chi connectivity index (χ1v) is 12.4. The summed E-state index contributed by atoms with van der Waals surface area (Å²) in [6.45, 7) is 5.07. The van der Waals surface area contributed by atoms with Crippen molar-refractivity contribution in [2.75, 3.05) is 66.3 Å². The molecule has 2 aliphatic rings. The summed E-state index contributed by atoms with van der Waals surface area (Å²) in [5.41, 5.74) is 6.55. The van der Waals surface area contributed by atoms with Crippen LogP contribution < -0.4 is 15.8 Å². The average molecular weight is 514 g/mol. The number of nitrogens with one attached hydrogen (secondary N) is 1. The van der Waals surface area contributed by atoms with E-state index >= 15 is 0 Å². The summed E-state index contributed by atoms with van der Waals surface area (Å²) >= 11 is 6.12. The predicted molar refractivity (Wildman–Crippen MR) is 137 cm³/mol. The van der Waals surface area contributed by atoms with Gasteiger partial charge < -0.3 is 40.7 Å². The van der Waals surface area contributed by atoms with Crippen LogP contribution in [0.15, 0.2) is 12.1 Å². The van der Waals surface area contributed by atoms with E-state index in [9.17, 15) is 9.59 Å². The predicted octanol–water partition coefficient (Wildman–Crippen LogP) is 1.85. The first kappa shape index (κ1) is 29.0. The minimum Gasteiger partial charge on any atom is -0.496 e. The van der Waals surface area contributed by atoms with Crippen LogP contribution in [0.4, 0.5) is 10.5 Å². The third-order valence-corrected chi connectivity index (χ3v) is 7.07. The Morgan fingerprint density at radius 3 is 2.57 bits per heavy atom. The standard InChI is InChI=1S/C24H38ClN5O4.H2O/c1-28(24(32)30-11-6-7-12-30)9-4-5-10-29-13-8-20(22(16-29)34-3)27-23(31)17-14-18(25)19(26)15-21(17)33-2;/h14-15,20,22H,4-13,16,26H2,1-3H3,(H,27,31);1H2/t20-,22+;/m0./s1. The van der Waals surface area contributed by atoms with Crippen molar-refractivity contribution < 1.29 is 24.5 Å². The number of carbonyl (C=O) groups is 2. The highest BCUT2D eigenvalue weighted by Crippen LogP contribution is 2.29. The summed E-state index contributed by atoms with van der Waals surface area (Å²) in [6, 6.07) is 3.13. The SMILES string of the molecule is COc1cc(N)c(Cl)cc1C(=O)N[C@H]1CCN(CCCCN(C)C(=O)N2CCCC2)C[C@H]1OC.O. The molecule has 198 valence electrons. The van der Waals surface area contributed by atoms with E-state index in [1.165, 1.54) is 13.2 Å². The molecule has 1 aromatic rings. The van der Waals surface area contributed by atoms with Crippen molar-refractivity contribution >= 4 is 29.2 Å². The number of carbonyl (C=O) groups excluding carboxylic acids is 2. The summed E-state index contributed by atoms with van der Waals surface area (Å²) in [6.07, 6.45) is 4.85. The molecule has 2 saturated heterocycles. The number of anilines is 1. The topological polar surface area (TPSA) is 132 Å². The number of hydrogen-bond acceptors (Lipinski definition) is 6. The van der Waals surface area contributed by atoms with Gasteiger partial charge in [0, 0.05) is 52.9 Å². The van der Waals surface area contributed by atoms with Gasteiger partial charge in [-0.2, -0.15) is 0 Å². The van der Waals surface area contributed by atoms with E-state index in [0.717, 1.165) is 71.4 Å². The molecule has 2 atom stereocenters. The second-order valence-electron chi connectivity index (χ2n) is 9.12. The summed E-state index contributed by atoms with van der Waals surface area (Å²) in [7, 11) is 5.06.